The molecule has 0 fully saturated rings. The van der Waals surface area contributed by atoms with Crippen LogP contribution in [0.3, 0.4) is 0 Å². The van der Waals surface area contributed by atoms with Gasteiger partial charge in [-0.25, -0.2) is 4.98 Å². The molecule has 6 heteroatoms. The van der Waals surface area contributed by atoms with Crippen molar-refractivity contribution in [2.45, 2.75) is 26.8 Å². The van der Waals surface area contributed by atoms with Gasteiger partial charge in [-0.2, -0.15) is 0 Å². The molecule has 2 aromatic heterocycles. The van der Waals surface area contributed by atoms with Crippen LogP contribution in [-0.2, 0) is 17.8 Å². The van der Waals surface area contributed by atoms with Crippen LogP contribution in [-0.4, -0.2) is 29.1 Å². The monoisotopic (exact) mass is 441 g/mol. The summed E-state index contributed by atoms with van der Waals surface area (Å²) in [6.45, 7) is 5.24. The quantitative estimate of drug-likeness (QED) is 0.386. The van der Waals surface area contributed by atoms with Gasteiger partial charge in [-0.05, 0) is 48.7 Å². The van der Waals surface area contributed by atoms with Gasteiger partial charge in [0.25, 0.3) is 0 Å². The van der Waals surface area contributed by atoms with Crippen molar-refractivity contribution in [2.75, 3.05) is 13.2 Å². The lowest BCUT2D eigenvalue weighted by Gasteiger charge is -2.13. The Labute approximate surface area is 193 Å². The number of para-hydroxylation sites is 2. The maximum absolute atomic E-state index is 12.6. The maximum atomic E-state index is 12.6. The molecule has 0 aliphatic heterocycles. The van der Waals surface area contributed by atoms with Crippen LogP contribution in [0.15, 0.2) is 72.9 Å². The van der Waals surface area contributed by atoms with Gasteiger partial charge in [0.05, 0.1) is 11.9 Å². The minimum Gasteiger partial charge on any atom is -0.490 e. The van der Waals surface area contributed by atoms with E-state index in [-0.39, 0.29) is 5.91 Å². The number of amides is 1. The molecule has 1 amide bonds. The van der Waals surface area contributed by atoms with Crippen LogP contribution in [0, 0.1) is 13.8 Å². The van der Waals surface area contributed by atoms with Crippen LogP contribution in [0.4, 0.5) is 0 Å². The lowest BCUT2D eigenvalue weighted by atomic mass is 9.99. The Hall–Kier alpha value is -3.93. The zero-order valence-electron chi connectivity index (χ0n) is 18.9. The van der Waals surface area contributed by atoms with E-state index >= 15 is 0 Å². The second-order valence-electron chi connectivity index (χ2n) is 7.79. The number of carbonyl (C=O) groups excluding carboxylic acids is 1. The Bertz CT molecular complexity index is 1220. The van der Waals surface area contributed by atoms with Crippen molar-refractivity contribution in [3.8, 4) is 11.6 Å². The molecule has 1 N–H and O–H groups in total. The van der Waals surface area contributed by atoms with E-state index in [0.29, 0.717) is 32.1 Å². The number of fused-ring (bicyclic) bond motifs is 1. The van der Waals surface area contributed by atoms with Crippen molar-refractivity contribution in [1.29, 1.82) is 0 Å². The summed E-state index contributed by atoms with van der Waals surface area (Å²) in [4.78, 5) is 21.5. The van der Waals surface area contributed by atoms with Crippen molar-refractivity contribution in [1.82, 2.24) is 15.3 Å². The van der Waals surface area contributed by atoms with Gasteiger partial charge in [-0.3, -0.25) is 9.78 Å². The lowest BCUT2D eigenvalue weighted by molar-refractivity contribution is -0.120. The Morgan fingerprint density at radius 1 is 0.909 bits per heavy atom. The molecule has 0 aliphatic rings. The predicted molar refractivity (Wildman–Crippen MR) is 128 cm³/mol. The van der Waals surface area contributed by atoms with Crippen LogP contribution in [0.1, 0.15) is 22.4 Å². The van der Waals surface area contributed by atoms with Crippen molar-refractivity contribution < 1.29 is 14.3 Å². The number of hydrogen-bond donors (Lipinski definition) is 1. The Morgan fingerprint density at radius 3 is 2.45 bits per heavy atom. The molecule has 4 rings (SSSR count). The predicted octanol–water partition coefficient (Wildman–Crippen LogP) is 4.56. The third-order valence-electron chi connectivity index (χ3n) is 5.46. The second kappa shape index (κ2) is 10.6. The van der Waals surface area contributed by atoms with Gasteiger partial charge in [0.1, 0.15) is 19.0 Å². The average Bonchev–Trinajstić information content (AvgIpc) is 2.84. The van der Waals surface area contributed by atoms with Gasteiger partial charge in [-0.1, -0.05) is 42.5 Å². The van der Waals surface area contributed by atoms with E-state index < -0.39 is 0 Å². The number of nitrogens with one attached hydrogen (secondary N) is 1. The zero-order chi connectivity index (χ0) is 23.0. The molecule has 33 heavy (non-hydrogen) atoms. The Balaban J connectivity index is 1.25. The summed E-state index contributed by atoms with van der Waals surface area (Å²) in [5.74, 6) is 1.29. The molecule has 6 nitrogen and oxygen atoms in total. The second-order valence-corrected chi connectivity index (χ2v) is 7.79. The molecule has 4 aromatic rings. The highest BCUT2D eigenvalue weighted by Gasteiger charge is 2.13. The first-order chi connectivity index (χ1) is 16.1. The summed E-state index contributed by atoms with van der Waals surface area (Å²) in [6.07, 6.45) is 2.01. The highest BCUT2D eigenvalue weighted by Crippen LogP contribution is 2.23. The van der Waals surface area contributed by atoms with Gasteiger partial charge in [0.15, 0.2) is 0 Å². The number of hydrogen-bond acceptors (Lipinski definition) is 5. The highest BCUT2D eigenvalue weighted by atomic mass is 16.5. The topological polar surface area (TPSA) is 73.3 Å². The van der Waals surface area contributed by atoms with E-state index in [0.717, 1.165) is 39.0 Å². The van der Waals surface area contributed by atoms with E-state index in [4.69, 9.17) is 9.47 Å². The number of ether oxygens (including phenoxy) is 2. The molecule has 0 spiro atoms. The number of nitrogens with zero attached hydrogens (tertiary/aromatic N) is 2. The summed E-state index contributed by atoms with van der Waals surface area (Å²) >= 11 is 0. The van der Waals surface area contributed by atoms with E-state index in [1.165, 1.54) is 0 Å². The first kappa shape index (κ1) is 22.3. The number of aryl methyl sites for hydroxylation is 2. The van der Waals surface area contributed by atoms with Crippen molar-refractivity contribution in [3.05, 3.63) is 95.3 Å². The van der Waals surface area contributed by atoms with Crippen LogP contribution >= 0.6 is 0 Å². The number of aromatic nitrogens is 2. The Kier molecular flexibility index (Phi) is 7.15. The molecule has 2 heterocycles. The summed E-state index contributed by atoms with van der Waals surface area (Å²) in [7, 11) is 0. The summed E-state index contributed by atoms with van der Waals surface area (Å²) in [5.41, 5.74) is 4.83. The molecule has 168 valence electrons. The Morgan fingerprint density at radius 2 is 1.67 bits per heavy atom. The standard InChI is InChI=1S/C27H27N3O3/c1-19-23-10-6-7-11-25(23)30-20(2)24(19)16-26(31)28-17-21-12-13-27(29-18-21)33-15-14-32-22-8-4-3-5-9-22/h3-13,18H,14-17H2,1-2H3,(H,28,31). The molecule has 0 saturated carbocycles. The molecule has 0 unspecified atom stereocenters. The van der Waals surface area contributed by atoms with Crippen molar-refractivity contribution >= 4 is 16.8 Å². The summed E-state index contributed by atoms with van der Waals surface area (Å²) in [5, 5.41) is 4.06. The van der Waals surface area contributed by atoms with E-state index in [1.807, 2.05) is 74.5 Å². The minimum absolute atomic E-state index is 0.0448. The molecular weight excluding hydrogens is 414 g/mol. The van der Waals surface area contributed by atoms with E-state index in [9.17, 15) is 4.79 Å². The van der Waals surface area contributed by atoms with Gasteiger partial charge in [-0.15, -0.1) is 0 Å². The molecule has 0 bridgehead atoms. The van der Waals surface area contributed by atoms with Gasteiger partial charge in [0, 0.05) is 29.9 Å². The fraction of sp³-hybridized carbons (Fsp3) is 0.222. The smallest absolute Gasteiger partial charge is 0.224 e. The summed E-state index contributed by atoms with van der Waals surface area (Å²) < 4.78 is 11.2. The van der Waals surface area contributed by atoms with E-state index in [1.54, 1.807) is 12.3 Å². The maximum Gasteiger partial charge on any atom is 0.224 e. The fourth-order valence-electron chi connectivity index (χ4n) is 3.68. The van der Waals surface area contributed by atoms with Crippen molar-refractivity contribution in [2.24, 2.45) is 0 Å². The molecular formula is C27H27N3O3. The fourth-order valence-corrected chi connectivity index (χ4v) is 3.68. The molecule has 0 radical (unpaired) electrons. The van der Waals surface area contributed by atoms with Crippen LogP contribution < -0.4 is 14.8 Å². The minimum atomic E-state index is -0.0448. The van der Waals surface area contributed by atoms with Gasteiger partial charge >= 0.3 is 0 Å². The van der Waals surface area contributed by atoms with E-state index in [2.05, 4.69) is 15.3 Å². The third-order valence-corrected chi connectivity index (χ3v) is 5.46. The first-order valence-electron chi connectivity index (χ1n) is 11.0. The first-order valence-corrected chi connectivity index (χ1v) is 11.0. The number of pyridine rings is 2. The number of carbonyl (C=O) groups is 1. The zero-order valence-corrected chi connectivity index (χ0v) is 18.9. The highest BCUT2D eigenvalue weighted by molar-refractivity contribution is 5.86. The largest absolute Gasteiger partial charge is 0.490 e. The van der Waals surface area contributed by atoms with Crippen LogP contribution in [0.25, 0.3) is 10.9 Å². The average molecular weight is 442 g/mol. The molecule has 0 aliphatic carbocycles. The van der Waals surface area contributed by atoms with Crippen LogP contribution in [0.2, 0.25) is 0 Å². The lowest BCUT2D eigenvalue weighted by Crippen LogP contribution is -2.25. The third kappa shape index (κ3) is 5.86. The van der Waals surface area contributed by atoms with Crippen LogP contribution in [0.5, 0.6) is 11.6 Å². The van der Waals surface area contributed by atoms with Gasteiger partial charge in [0.2, 0.25) is 11.8 Å². The molecule has 0 atom stereocenters. The molecule has 0 saturated heterocycles. The summed E-state index contributed by atoms with van der Waals surface area (Å²) in [6, 6.07) is 21.3. The normalized spacial score (nSPS) is 10.7. The van der Waals surface area contributed by atoms with Gasteiger partial charge < -0.3 is 14.8 Å². The van der Waals surface area contributed by atoms with Crippen molar-refractivity contribution in [3.63, 3.8) is 0 Å². The number of benzene rings is 2. The SMILES string of the molecule is Cc1nc2ccccc2c(C)c1CC(=O)NCc1ccc(OCCOc2ccccc2)nc1. The molecule has 2 aromatic carbocycles. The number of rotatable bonds is 9.